The minimum Gasteiger partial charge on any atom is -0.330 e. The Morgan fingerprint density at radius 3 is 2.67 bits per heavy atom. The molecule has 3 rings (SSSR count). The van der Waals surface area contributed by atoms with E-state index in [-0.39, 0.29) is 0 Å². The van der Waals surface area contributed by atoms with Crippen LogP contribution >= 0.6 is 0 Å². The van der Waals surface area contributed by atoms with E-state index in [0.29, 0.717) is 0 Å². The topological polar surface area (TPSA) is 53.5 Å². The summed E-state index contributed by atoms with van der Waals surface area (Å²) in [6.45, 7) is 5.96. The standard InChI is InChI=1S/C15H20N6/c1-12-7-13(2)21(18-12)6-4-5-20-11-16-9-15(20)14-8-17-19(3)10-14/h7-11H,4-6H2,1-3H3. The van der Waals surface area contributed by atoms with Crippen LogP contribution in [0.25, 0.3) is 11.3 Å². The Balaban J connectivity index is 1.66. The highest BCUT2D eigenvalue weighted by Crippen LogP contribution is 2.18. The van der Waals surface area contributed by atoms with Crippen LogP contribution in [0.5, 0.6) is 0 Å². The average Bonchev–Trinajstić information content (AvgIpc) is 3.11. The molecule has 0 atom stereocenters. The molecule has 6 heteroatoms. The number of hydrogen-bond donors (Lipinski definition) is 0. The first-order chi connectivity index (χ1) is 10.1. The summed E-state index contributed by atoms with van der Waals surface area (Å²) >= 11 is 0. The zero-order valence-corrected chi connectivity index (χ0v) is 12.7. The molecule has 0 aliphatic heterocycles. The van der Waals surface area contributed by atoms with E-state index in [1.54, 1.807) is 0 Å². The predicted molar refractivity (Wildman–Crippen MR) is 80.7 cm³/mol. The van der Waals surface area contributed by atoms with Crippen LogP contribution in [0.3, 0.4) is 0 Å². The van der Waals surface area contributed by atoms with E-state index in [1.165, 1.54) is 5.69 Å². The average molecular weight is 284 g/mol. The summed E-state index contributed by atoms with van der Waals surface area (Å²) < 4.78 is 6.04. The van der Waals surface area contributed by atoms with Gasteiger partial charge in [0.2, 0.25) is 0 Å². The van der Waals surface area contributed by atoms with Gasteiger partial charge in [0.25, 0.3) is 0 Å². The van der Waals surface area contributed by atoms with E-state index in [1.807, 2.05) is 43.6 Å². The van der Waals surface area contributed by atoms with Gasteiger partial charge in [0, 0.05) is 37.6 Å². The molecule has 6 nitrogen and oxygen atoms in total. The van der Waals surface area contributed by atoms with Gasteiger partial charge in [-0.25, -0.2) is 4.98 Å². The lowest BCUT2D eigenvalue weighted by Gasteiger charge is -2.08. The smallest absolute Gasteiger partial charge is 0.0950 e. The molecule has 0 radical (unpaired) electrons. The van der Waals surface area contributed by atoms with Gasteiger partial charge >= 0.3 is 0 Å². The van der Waals surface area contributed by atoms with E-state index < -0.39 is 0 Å². The van der Waals surface area contributed by atoms with E-state index in [2.05, 4.69) is 37.4 Å². The van der Waals surface area contributed by atoms with Gasteiger partial charge in [-0.15, -0.1) is 0 Å². The molecule has 3 heterocycles. The van der Waals surface area contributed by atoms with Crippen molar-refractivity contribution in [1.82, 2.24) is 29.1 Å². The molecule has 0 spiro atoms. The van der Waals surface area contributed by atoms with Crippen molar-refractivity contribution < 1.29 is 0 Å². The van der Waals surface area contributed by atoms with Crippen LogP contribution in [-0.2, 0) is 20.1 Å². The summed E-state index contributed by atoms with van der Waals surface area (Å²) in [5, 5.41) is 8.71. The number of nitrogens with zero attached hydrogens (tertiary/aromatic N) is 6. The lowest BCUT2D eigenvalue weighted by Crippen LogP contribution is -2.07. The molecule has 0 saturated heterocycles. The summed E-state index contributed by atoms with van der Waals surface area (Å²) in [5.74, 6) is 0. The van der Waals surface area contributed by atoms with E-state index in [4.69, 9.17) is 0 Å². The second-order valence-electron chi connectivity index (χ2n) is 5.38. The van der Waals surface area contributed by atoms with Gasteiger partial charge in [-0.05, 0) is 26.3 Å². The summed E-state index contributed by atoms with van der Waals surface area (Å²) in [6.07, 6.45) is 8.67. The van der Waals surface area contributed by atoms with Gasteiger partial charge in [0.05, 0.1) is 30.1 Å². The second kappa shape index (κ2) is 5.55. The molecule has 3 aromatic rings. The lowest BCUT2D eigenvalue weighted by atomic mass is 10.2. The fraction of sp³-hybridized carbons (Fsp3) is 0.400. The van der Waals surface area contributed by atoms with Gasteiger partial charge in [-0.3, -0.25) is 9.36 Å². The van der Waals surface area contributed by atoms with Gasteiger partial charge in [0.1, 0.15) is 0 Å². The number of hydrogen-bond acceptors (Lipinski definition) is 3. The summed E-state index contributed by atoms with van der Waals surface area (Å²) in [6, 6.07) is 2.11. The maximum Gasteiger partial charge on any atom is 0.0950 e. The third-order valence-electron chi connectivity index (χ3n) is 3.59. The number of aryl methyl sites for hydroxylation is 5. The molecule has 0 unspecified atom stereocenters. The Morgan fingerprint density at radius 2 is 2.00 bits per heavy atom. The minimum absolute atomic E-state index is 0.919. The second-order valence-corrected chi connectivity index (χ2v) is 5.38. The van der Waals surface area contributed by atoms with Crippen molar-refractivity contribution in [2.75, 3.05) is 0 Å². The monoisotopic (exact) mass is 284 g/mol. The quantitative estimate of drug-likeness (QED) is 0.721. The van der Waals surface area contributed by atoms with Crippen LogP contribution < -0.4 is 0 Å². The van der Waals surface area contributed by atoms with E-state index in [9.17, 15) is 0 Å². The van der Waals surface area contributed by atoms with Crippen LogP contribution in [0.15, 0.2) is 31.0 Å². The molecule has 0 fully saturated rings. The van der Waals surface area contributed by atoms with Gasteiger partial charge < -0.3 is 4.57 Å². The fourth-order valence-corrected chi connectivity index (χ4v) is 2.58. The Morgan fingerprint density at radius 1 is 1.14 bits per heavy atom. The largest absolute Gasteiger partial charge is 0.330 e. The van der Waals surface area contributed by atoms with Crippen molar-refractivity contribution in [3.63, 3.8) is 0 Å². The van der Waals surface area contributed by atoms with Crippen molar-refractivity contribution in [1.29, 1.82) is 0 Å². The minimum atomic E-state index is 0.919. The third kappa shape index (κ3) is 2.89. The normalized spacial score (nSPS) is 11.2. The highest BCUT2D eigenvalue weighted by Gasteiger charge is 2.07. The van der Waals surface area contributed by atoms with Gasteiger partial charge in [0.15, 0.2) is 0 Å². The lowest BCUT2D eigenvalue weighted by molar-refractivity contribution is 0.518. The van der Waals surface area contributed by atoms with Crippen molar-refractivity contribution in [2.24, 2.45) is 7.05 Å². The molecule has 0 N–H and O–H groups in total. The molecule has 0 saturated carbocycles. The zero-order valence-electron chi connectivity index (χ0n) is 12.7. The maximum absolute atomic E-state index is 4.49. The van der Waals surface area contributed by atoms with Crippen LogP contribution in [0.2, 0.25) is 0 Å². The molecule has 0 aromatic carbocycles. The summed E-state index contributed by atoms with van der Waals surface area (Å²) in [4.78, 5) is 4.26. The molecule has 0 amide bonds. The summed E-state index contributed by atoms with van der Waals surface area (Å²) in [5.41, 5.74) is 4.49. The fourth-order valence-electron chi connectivity index (χ4n) is 2.58. The third-order valence-corrected chi connectivity index (χ3v) is 3.59. The molecule has 110 valence electrons. The van der Waals surface area contributed by atoms with Crippen LogP contribution in [-0.4, -0.2) is 29.1 Å². The molecule has 0 bridgehead atoms. The van der Waals surface area contributed by atoms with Crippen LogP contribution in [0.1, 0.15) is 17.8 Å². The molecular weight excluding hydrogens is 264 g/mol. The SMILES string of the molecule is Cc1cc(C)n(CCCn2cncc2-c2cnn(C)c2)n1. The Kier molecular flexibility index (Phi) is 3.60. The first-order valence-electron chi connectivity index (χ1n) is 7.13. The molecule has 0 aliphatic rings. The zero-order chi connectivity index (χ0) is 14.8. The van der Waals surface area contributed by atoms with Crippen molar-refractivity contribution in [3.8, 4) is 11.3 Å². The predicted octanol–water partition coefficient (Wildman–Crippen LogP) is 2.19. The van der Waals surface area contributed by atoms with Crippen molar-refractivity contribution >= 4 is 0 Å². The van der Waals surface area contributed by atoms with Gasteiger partial charge in [-0.1, -0.05) is 0 Å². The van der Waals surface area contributed by atoms with Crippen LogP contribution in [0, 0.1) is 13.8 Å². The molecule has 3 aromatic heterocycles. The van der Waals surface area contributed by atoms with Crippen molar-refractivity contribution in [3.05, 3.63) is 42.4 Å². The van der Waals surface area contributed by atoms with Gasteiger partial charge in [-0.2, -0.15) is 10.2 Å². The first kappa shape index (κ1) is 13.6. The Bertz CT molecular complexity index is 733. The summed E-state index contributed by atoms with van der Waals surface area (Å²) in [7, 11) is 1.92. The Labute approximate surface area is 124 Å². The molecule has 0 aliphatic carbocycles. The number of aromatic nitrogens is 6. The molecular formula is C15H20N6. The van der Waals surface area contributed by atoms with Crippen molar-refractivity contribution in [2.45, 2.75) is 33.4 Å². The first-order valence-corrected chi connectivity index (χ1v) is 7.13. The number of rotatable bonds is 5. The van der Waals surface area contributed by atoms with Crippen LogP contribution in [0.4, 0.5) is 0 Å². The number of imidazole rings is 1. The molecule has 21 heavy (non-hydrogen) atoms. The highest BCUT2D eigenvalue weighted by atomic mass is 15.3. The Hall–Kier alpha value is -2.37. The maximum atomic E-state index is 4.49. The highest BCUT2D eigenvalue weighted by molar-refractivity contribution is 5.56. The van der Waals surface area contributed by atoms with E-state index >= 15 is 0 Å². The van der Waals surface area contributed by atoms with E-state index in [0.717, 1.165) is 36.5 Å².